The summed E-state index contributed by atoms with van der Waals surface area (Å²) in [6.07, 6.45) is 3.81. The van der Waals surface area contributed by atoms with E-state index in [1.165, 1.54) is 16.6 Å². The Kier molecular flexibility index (Phi) is 4.84. The molecule has 0 aromatic carbocycles. The molecule has 1 N–H and O–H groups in total. The lowest BCUT2D eigenvalue weighted by molar-refractivity contribution is 0.155. The number of pyridine rings is 1. The van der Waals surface area contributed by atoms with Crippen molar-refractivity contribution in [1.29, 1.82) is 0 Å². The number of halogens is 2. The quantitative estimate of drug-likeness (QED) is 0.828. The Hall–Kier alpha value is -0.210. The van der Waals surface area contributed by atoms with E-state index in [1.807, 2.05) is 0 Å². The molecule has 1 aliphatic rings. The van der Waals surface area contributed by atoms with Gasteiger partial charge in [0.2, 0.25) is 10.0 Å². The van der Waals surface area contributed by atoms with Crippen LogP contribution >= 0.6 is 27.5 Å². The summed E-state index contributed by atoms with van der Waals surface area (Å²) in [6.45, 7) is 0.217. The summed E-state index contributed by atoms with van der Waals surface area (Å²) in [5, 5.41) is 9.28. The van der Waals surface area contributed by atoms with E-state index < -0.39 is 10.0 Å². The highest BCUT2D eigenvalue weighted by molar-refractivity contribution is 9.10. The maximum atomic E-state index is 12.6. The number of aromatic nitrogens is 1. The van der Waals surface area contributed by atoms with Gasteiger partial charge in [-0.15, -0.1) is 0 Å². The fraction of sp³-hybridized carbons (Fsp3) is 0.545. The summed E-state index contributed by atoms with van der Waals surface area (Å²) >= 11 is 9.08. The summed E-state index contributed by atoms with van der Waals surface area (Å²) in [4.78, 5) is 3.82. The van der Waals surface area contributed by atoms with Gasteiger partial charge in [0.05, 0.1) is 6.61 Å². The summed E-state index contributed by atoms with van der Waals surface area (Å²) in [7, 11) is -3.73. The molecule has 0 spiro atoms. The van der Waals surface area contributed by atoms with Crippen LogP contribution in [-0.4, -0.2) is 42.0 Å². The minimum Gasteiger partial charge on any atom is -0.395 e. The van der Waals surface area contributed by atoms with Crippen molar-refractivity contribution in [3.63, 3.8) is 0 Å². The predicted octanol–water partition coefficient (Wildman–Crippen LogP) is 2.03. The first-order chi connectivity index (χ1) is 8.96. The van der Waals surface area contributed by atoms with Gasteiger partial charge in [-0.2, -0.15) is 4.31 Å². The number of aliphatic hydroxyl groups is 1. The Morgan fingerprint density at radius 1 is 1.53 bits per heavy atom. The zero-order valence-electron chi connectivity index (χ0n) is 10.1. The number of nitrogens with zero attached hydrogens (tertiary/aromatic N) is 2. The van der Waals surface area contributed by atoms with Crippen molar-refractivity contribution < 1.29 is 13.5 Å². The van der Waals surface area contributed by atoms with Crippen LogP contribution in [0.4, 0.5) is 0 Å². The minimum absolute atomic E-state index is 0.0242. The molecule has 1 saturated heterocycles. The second-order valence-corrected chi connectivity index (χ2v) is 7.52. The zero-order valence-corrected chi connectivity index (χ0v) is 13.2. The first-order valence-electron chi connectivity index (χ1n) is 5.90. The average molecular weight is 370 g/mol. The Balaban J connectivity index is 2.43. The molecule has 1 unspecified atom stereocenters. The number of hydrogen-bond acceptors (Lipinski definition) is 4. The molecule has 1 fully saturated rings. The van der Waals surface area contributed by atoms with Crippen molar-refractivity contribution in [3.8, 4) is 0 Å². The van der Waals surface area contributed by atoms with Crippen molar-refractivity contribution >= 4 is 37.6 Å². The van der Waals surface area contributed by atoms with Crippen LogP contribution in [0, 0.1) is 0 Å². The van der Waals surface area contributed by atoms with Crippen LogP contribution in [0.5, 0.6) is 0 Å². The Morgan fingerprint density at radius 3 is 2.95 bits per heavy atom. The lowest BCUT2D eigenvalue weighted by Gasteiger charge is -2.33. The first-order valence-corrected chi connectivity index (χ1v) is 8.51. The Labute approximate surface area is 125 Å². The van der Waals surface area contributed by atoms with E-state index >= 15 is 0 Å². The Bertz CT molecular complexity index is 567. The SMILES string of the molecule is O=S(=O)(c1cc(Br)cnc1Cl)N1CCCCC1CO. The molecule has 1 aromatic rings. The average Bonchev–Trinajstić information content (AvgIpc) is 2.41. The van der Waals surface area contributed by atoms with Crippen LogP contribution in [-0.2, 0) is 10.0 Å². The molecular formula is C11H14BrClN2O3S. The largest absolute Gasteiger partial charge is 0.395 e. The van der Waals surface area contributed by atoms with Gasteiger partial charge in [0.1, 0.15) is 10.0 Å². The molecule has 1 aromatic heterocycles. The van der Waals surface area contributed by atoms with E-state index in [2.05, 4.69) is 20.9 Å². The molecule has 19 heavy (non-hydrogen) atoms. The van der Waals surface area contributed by atoms with E-state index in [4.69, 9.17) is 11.6 Å². The topological polar surface area (TPSA) is 70.5 Å². The zero-order chi connectivity index (χ0) is 14.0. The molecule has 0 radical (unpaired) electrons. The third-order valence-electron chi connectivity index (χ3n) is 3.14. The molecular weight excluding hydrogens is 356 g/mol. The van der Waals surface area contributed by atoms with Crippen LogP contribution < -0.4 is 0 Å². The number of hydrogen-bond donors (Lipinski definition) is 1. The second-order valence-electron chi connectivity index (χ2n) is 4.39. The summed E-state index contributed by atoms with van der Waals surface area (Å²) < 4.78 is 27.1. The predicted molar refractivity (Wildman–Crippen MR) is 75.6 cm³/mol. The van der Waals surface area contributed by atoms with Gasteiger partial charge in [-0.1, -0.05) is 18.0 Å². The molecule has 0 saturated carbocycles. The van der Waals surface area contributed by atoms with Crippen LogP contribution in [0.15, 0.2) is 21.6 Å². The molecule has 2 heterocycles. The van der Waals surface area contributed by atoms with Gasteiger partial charge in [0, 0.05) is 23.3 Å². The van der Waals surface area contributed by atoms with E-state index in [9.17, 15) is 13.5 Å². The molecule has 0 aliphatic carbocycles. The van der Waals surface area contributed by atoms with Crippen LogP contribution in [0.1, 0.15) is 19.3 Å². The van der Waals surface area contributed by atoms with Crippen molar-refractivity contribution in [1.82, 2.24) is 9.29 Å². The van der Waals surface area contributed by atoms with Crippen LogP contribution in [0.2, 0.25) is 5.15 Å². The standard InChI is InChI=1S/C11H14BrClN2O3S/c12-8-5-10(11(13)14-6-8)19(17,18)15-4-2-1-3-9(15)7-16/h5-6,9,16H,1-4,7H2. The van der Waals surface area contributed by atoms with Crippen molar-refractivity contribution in [3.05, 3.63) is 21.9 Å². The lowest BCUT2D eigenvalue weighted by atomic mass is 10.1. The van der Waals surface area contributed by atoms with Crippen LogP contribution in [0.25, 0.3) is 0 Å². The third-order valence-corrected chi connectivity index (χ3v) is 5.96. The number of rotatable bonds is 3. The van der Waals surface area contributed by atoms with Crippen LogP contribution in [0.3, 0.4) is 0 Å². The molecule has 5 nitrogen and oxygen atoms in total. The summed E-state index contributed by atoms with van der Waals surface area (Å²) in [6, 6.07) is 1.06. The minimum atomic E-state index is -3.73. The molecule has 1 aliphatic heterocycles. The van der Waals surface area contributed by atoms with E-state index in [0.717, 1.165) is 12.8 Å². The summed E-state index contributed by atoms with van der Waals surface area (Å²) in [5.74, 6) is 0. The normalized spacial score (nSPS) is 21.5. The smallest absolute Gasteiger partial charge is 0.246 e. The van der Waals surface area contributed by atoms with Gasteiger partial charge >= 0.3 is 0 Å². The first kappa shape index (κ1) is 15.2. The molecule has 1 atom stereocenters. The third kappa shape index (κ3) is 3.11. The van der Waals surface area contributed by atoms with Gasteiger partial charge in [-0.3, -0.25) is 0 Å². The van der Waals surface area contributed by atoms with E-state index in [-0.39, 0.29) is 22.7 Å². The number of sulfonamides is 1. The molecule has 106 valence electrons. The molecule has 0 amide bonds. The Morgan fingerprint density at radius 2 is 2.26 bits per heavy atom. The van der Waals surface area contributed by atoms with Crippen molar-refractivity contribution in [2.45, 2.75) is 30.2 Å². The monoisotopic (exact) mass is 368 g/mol. The van der Waals surface area contributed by atoms with Gasteiger partial charge in [-0.25, -0.2) is 13.4 Å². The highest BCUT2D eigenvalue weighted by atomic mass is 79.9. The fourth-order valence-electron chi connectivity index (χ4n) is 2.18. The van der Waals surface area contributed by atoms with E-state index in [1.54, 1.807) is 0 Å². The fourth-order valence-corrected chi connectivity index (χ4v) is 4.79. The van der Waals surface area contributed by atoms with Gasteiger partial charge in [0.15, 0.2) is 0 Å². The van der Waals surface area contributed by atoms with Gasteiger partial charge in [-0.05, 0) is 34.8 Å². The number of aliphatic hydroxyl groups excluding tert-OH is 1. The maximum absolute atomic E-state index is 12.6. The second kappa shape index (κ2) is 6.05. The van der Waals surface area contributed by atoms with Crippen molar-refractivity contribution in [2.75, 3.05) is 13.2 Å². The molecule has 0 bridgehead atoms. The highest BCUT2D eigenvalue weighted by Gasteiger charge is 2.34. The van der Waals surface area contributed by atoms with Gasteiger partial charge in [0.25, 0.3) is 0 Å². The van der Waals surface area contributed by atoms with Gasteiger partial charge < -0.3 is 5.11 Å². The molecule has 2 rings (SSSR count). The highest BCUT2D eigenvalue weighted by Crippen LogP contribution is 2.30. The lowest BCUT2D eigenvalue weighted by Crippen LogP contribution is -2.45. The number of piperidine rings is 1. The molecule has 8 heteroatoms. The summed E-state index contributed by atoms with van der Waals surface area (Å²) in [5.41, 5.74) is 0. The van der Waals surface area contributed by atoms with E-state index in [0.29, 0.717) is 17.4 Å². The van der Waals surface area contributed by atoms with Crippen molar-refractivity contribution in [2.24, 2.45) is 0 Å². The maximum Gasteiger partial charge on any atom is 0.246 e.